The molecule has 0 aliphatic heterocycles. The maximum absolute atomic E-state index is 12.9. The highest BCUT2D eigenvalue weighted by atomic mass is 35.5. The van der Waals surface area contributed by atoms with Gasteiger partial charge in [0.1, 0.15) is 5.82 Å². The second-order valence-electron chi connectivity index (χ2n) is 4.28. The molecule has 1 aromatic heterocycles. The highest BCUT2D eigenvalue weighted by Gasteiger charge is 2.12. The fourth-order valence-electron chi connectivity index (χ4n) is 1.63. The van der Waals surface area contributed by atoms with Gasteiger partial charge in [-0.25, -0.2) is 4.39 Å². The standard InChI is InChI=1S/C13H14ClFN2O2/c1-2-10(18)7-13-16-12(17-19-13)5-8-3-4-9(15)6-11(8)14/h3-4,6,10,18H,2,5,7H2,1H3. The Bertz CT molecular complexity index is 559. The maximum atomic E-state index is 12.9. The Morgan fingerprint density at radius 1 is 1.47 bits per heavy atom. The normalized spacial score (nSPS) is 12.6. The molecule has 0 spiro atoms. The monoisotopic (exact) mass is 284 g/mol. The zero-order valence-corrected chi connectivity index (χ0v) is 11.2. The van der Waals surface area contributed by atoms with Gasteiger partial charge in [0.15, 0.2) is 5.82 Å². The van der Waals surface area contributed by atoms with E-state index in [0.717, 1.165) is 5.56 Å². The van der Waals surface area contributed by atoms with Crippen molar-refractivity contribution in [2.24, 2.45) is 0 Å². The van der Waals surface area contributed by atoms with E-state index in [1.54, 1.807) is 6.07 Å². The number of hydrogen-bond acceptors (Lipinski definition) is 4. The van der Waals surface area contributed by atoms with E-state index in [0.29, 0.717) is 36.0 Å². The van der Waals surface area contributed by atoms with E-state index in [-0.39, 0.29) is 5.82 Å². The maximum Gasteiger partial charge on any atom is 0.229 e. The molecule has 0 saturated heterocycles. The molecule has 2 aromatic rings. The molecule has 19 heavy (non-hydrogen) atoms. The minimum Gasteiger partial charge on any atom is -0.393 e. The molecule has 1 unspecified atom stereocenters. The molecule has 2 rings (SSSR count). The van der Waals surface area contributed by atoms with Crippen LogP contribution in [-0.2, 0) is 12.8 Å². The van der Waals surface area contributed by atoms with Gasteiger partial charge in [0.05, 0.1) is 12.5 Å². The topological polar surface area (TPSA) is 59.2 Å². The van der Waals surface area contributed by atoms with Crippen LogP contribution in [-0.4, -0.2) is 21.4 Å². The number of halogens is 2. The van der Waals surface area contributed by atoms with Crippen LogP contribution in [0, 0.1) is 5.82 Å². The molecule has 1 aromatic carbocycles. The van der Waals surface area contributed by atoms with Crippen molar-refractivity contribution in [2.45, 2.75) is 32.3 Å². The second kappa shape index (κ2) is 6.12. The minimum absolute atomic E-state index is 0.333. The van der Waals surface area contributed by atoms with Gasteiger partial charge < -0.3 is 9.63 Å². The number of aromatic nitrogens is 2. The zero-order chi connectivity index (χ0) is 13.8. The molecule has 0 amide bonds. The average molecular weight is 285 g/mol. The van der Waals surface area contributed by atoms with Gasteiger partial charge in [-0.05, 0) is 24.1 Å². The third-order valence-electron chi connectivity index (χ3n) is 2.76. The lowest BCUT2D eigenvalue weighted by Gasteiger charge is -2.01. The Morgan fingerprint density at radius 3 is 2.95 bits per heavy atom. The van der Waals surface area contributed by atoms with Crippen molar-refractivity contribution in [3.8, 4) is 0 Å². The Balaban J connectivity index is 2.07. The molecular formula is C13H14ClFN2O2. The third kappa shape index (κ3) is 3.75. The lowest BCUT2D eigenvalue weighted by molar-refractivity contribution is 0.158. The van der Waals surface area contributed by atoms with Crippen molar-refractivity contribution in [1.29, 1.82) is 0 Å². The van der Waals surface area contributed by atoms with Crippen LogP contribution >= 0.6 is 11.6 Å². The summed E-state index contributed by atoms with van der Waals surface area (Å²) in [4.78, 5) is 4.17. The zero-order valence-electron chi connectivity index (χ0n) is 10.4. The molecule has 4 nitrogen and oxygen atoms in total. The number of benzene rings is 1. The summed E-state index contributed by atoms with van der Waals surface area (Å²) < 4.78 is 17.9. The smallest absolute Gasteiger partial charge is 0.229 e. The summed E-state index contributed by atoms with van der Waals surface area (Å²) in [5, 5.41) is 13.6. The first kappa shape index (κ1) is 14.0. The van der Waals surface area contributed by atoms with Gasteiger partial charge in [0.25, 0.3) is 0 Å². The molecule has 1 N–H and O–H groups in total. The molecular weight excluding hydrogens is 271 g/mol. The van der Waals surface area contributed by atoms with Gasteiger partial charge in [-0.3, -0.25) is 0 Å². The van der Waals surface area contributed by atoms with Gasteiger partial charge in [-0.15, -0.1) is 0 Å². The van der Waals surface area contributed by atoms with Crippen LogP contribution in [0.2, 0.25) is 5.02 Å². The molecule has 1 heterocycles. The fourth-order valence-corrected chi connectivity index (χ4v) is 1.86. The Morgan fingerprint density at radius 2 is 2.26 bits per heavy atom. The van der Waals surface area contributed by atoms with Gasteiger partial charge >= 0.3 is 0 Å². The highest BCUT2D eigenvalue weighted by Crippen LogP contribution is 2.19. The molecule has 0 bridgehead atoms. The van der Waals surface area contributed by atoms with E-state index in [4.69, 9.17) is 16.1 Å². The van der Waals surface area contributed by atoms with Crippen molar-refractivity contribution in [1.82, 2.24) is 10.1 Å². The molecule has 0 radical (unpaired) electrons. The summed E-state index contributed by atoms with van der Waals surface area (Å²) in [7, 11) is 0. The van der Waals surface area contributed by atoms with E-state index < -0.39 is 6.10 Å². The summed E-state index contributed by atoms with van der Waals surface area (Å²) in [6, 6.07) is 4.18. The van der Waals surface area contributed by atoms with Gasteiger partial charge in [-0.1, -0.05) is 29.7 Å². The molecule has 0 aliphatic carbocycles. The van der Waals surface area contributed by atoms with Crippen LogP contribution in [0.25, 0.3) is 0 Å². The van der Waals surface area contributed by atoms with Gasteiger partial charge in [-0.2, -0.15) is 4.98 Å². The van der Waals surface area contributed by atoms with Crippen LogP contribution < -0.4 is 0 Å². The van der Waals surface area contributed by atoms with Gasteiger partial charge in [0, 0.05) is 11.4 Å². The van der Waals surface area contributed by atoms with E-state index in [1.807, 2.05) is 6.92 Å². The average Bonchev–Trinajstić information content (AvgIpc) is 2.80. The molecule has 1 atom stereocenters. The van der Waals surface area contributed by atoms with Crippen molar-refractivity contribution in [3.05, 3.63) is 46.3 Å². The number of hydrogen-bond donors (Lipinski definition) is 1. The quantitative estimate of drug-likeness (QED) is 0.917. The highest BCUT2D eigenvalue weighted by molar-refractivity contribution is 6.31. The van der Waals surface area contributed by atoms with Crippen LogP contribution in [0.3, 0.4) is 0 Å². The SMILES string of the molecule is CCC(O)Cc1nc(Cc2ccc(F)cc2Cl)no1. The Kier molecular flexibility index (Phi) is 4.50. The predicted octanol–water partition coefficient (Wildman–Crippen LogP) is 2.77. The van der Waals surface area contributed by atoms with Crippen molar-refractivity contribution < 1.29 is 14.0 Å². The molecule has 6 heteroatoms. The summed E-state index contributed by atoms with van der Waals surface area (Å²) in [6.07, 6.45) is 0.843. The van der Waals surface area contributed by atoms with E-state index >= 15 is 0 Å². The van der Waals surface area contributed by atoms with Crippen LogP contribution in [0.5, 0.6) is 0 Å². The molecule has 0 aliphatic rings. The molecule has 0 saturated carbocycles. The van der Waals surface area contributed by atoms with E-state index in [2.05, 4.69) is 10.1 Å². The first-order chi connectivity index (χ1) is 9.08. The molecule has 0 fully saturated rings. The summed E-state index contributed by atoms with van der Waals surface area (Å²) >= 11 is 5.93. The Hall–Kier alpha value is -1.46. The Labute approximate surface area is 115 Å². The minimum atomic E-state index is -0.484. The molecule has 102 valence electrons. The lowest BCUT2D eigenvalue weighted by atomic mass is 10.1. The summed E-state index contributed by atoms with van der Waals surface area (Å²) in [5.74, 6) is 0.475. The van der Waals surface area contributed by atoms with Crippen molar-refractivity contribution in [2.75, 3.05) is 0 Å². The largest absolute Gasteiger partial charge is 0.393 e. The van der Waals surface area contributed by atoms with Crippen molar-refractivity contribution >= 4 is 11.6 Å². The number of aliphatic hydroxyl groups excluding tert-OH is 1. The lowest BCUT2D eigenvalue weighted by Crippen LogP contribution is -2.08. The first-order valence-electron chi connectivity index (χ1n) is 6.02. The van der Waals surface area contributed by atoms with E-state index in [9.17, 15) is 9.50 Å². The first-order valence-corrected chi connectivity index (χ1v) is 6.39. The third-order valence-corrected chi connectivity index (χ3v) is 3.11. The van der Waals surface area contributed by atoms with Crippen LogP contribution in [0.15, 0.2) is 22.7 Å². The van der Waals surface area contributed by atoms with Crippen LogP contribution in [0.4, 0.5) is 4.39 Å². The van der Waals surface area contributed by atoms with Gasteiger partial charge in [0.2, 0.25) is 5.89 Å². The number of aliphatic hydroxyl groups is 1. The van der Waals surface area contributed by atoms with E-state index in [1.165, 1.54) is 12.1 Å². The summed E-state index contributed by atoms with van der Waals surface area (Å²) in [5.41, 5.74) is 0.728. The van der Waals surface area contributed by atoms with Crippen LogP contribution in [0.1, 0.15) is 30.6 Å². The van der Waals surface area contributed by atoms with Crippen molar-refractivity contribution in [3.63, 3.8) is 0 Å². The summed E-state index contributed by atoms with van der Waals surface area (Å²) in [6.45, 7) is 1.88. The second-order valence-corrected chi connectivity index (χ2v) is 4.69. The number of nitrogens with zero attached hydrogens (tertiary/aromatic N) is 2. The predicted molar refractivity (Wildman–Crippen MR) is 68.5 cm³/mol. The fraction of sp³-hybridized carbons (Fsp3) is 0.385. The number of rotatable bonds is 5.